The van der Waals surface area contributed by atoms with Crippen molar-refractivity contribution in [3.63, 3.8) is 0 Å². The third-order valence-electron chi connectivity index (χ3n) is 5.56. The van der Waals surface area contributed by atoms with Gasteiger partial charge >= 0.3 is 0 Å². The number of aromatic nitrogens is 4. The van der Waals surface area contributed by atoms with Crippen molar-refractivity contribution in [1.29, 1.82) is 0 Å². The van der Waals surface area contributed by atoms with Gasteiger partial charge in [-0.1, -0.05) is 30.7 Å². The summed E-state index contributed by atoms with van der Waals surface area (Å²) in [7, 11) is -3.25. The minimum Gasteiger partial charge on any atom is -0.368 e. The molecular weight excluding hydrogens is 499 g/mol. The number of rotatable bonds is 6. The van der Waals surface area contributed by atoms with E-state index in [1.807, 2.05) is 29.2 Å². The Bertz CT molecular complexity index is 1220. The minimum atomic E-state index is -3.25. The maximum Gasteiger partial charge on any atom is 0.223 e. The third-order valence-corrected chi connectivity index (χ3v) is 7.12. The molecule has 0 spiro atoms. The molecule has 1 aliphatic heterocycles. The molecule has 0 radical (unpaired) electrons. The van der Waals surface area contributed by atoms with Crippen molar-refractivity contribution < 1.29 is 8.42 Å². The number of anilines is 4. The summed E-state index contributed by atoms with van der Waals surface area (Å²) in [5, 5.41) is 3.87. The standard InChI is InChI=1S/C21H25ClN8O2S.ClH/c1-14(15-3-5-16(22)6-4-15)18-19(26-17-13-24-7-8-25-17)27-21(23)28-20(18)29-9-11-30(12-10-29)33(2,31)32;/h3-8,13-14H,9-12H2,1-2H3,(H3,23,25,26,27,28);1H. The SMILES string of the molecule is CC(c1ccc(Cl)cc1)c1c(Nc2cnccn2)nc(N)nc1N1CCN(S(C)(=O)=O)CC1.Cl. The van der Waals surface area contributed by atoms with Crippen LogP contribution in [0.15, 0.2) is 42.9 Å². The van der Waals surface area contributed by atoms with Gasteiger partial charge in [-0.05, 0) is 17.7 Å². The van der Waals surface area contributed by atoms with E-state index in [9.17, 15) is 8.42 Å². The van der Waals surface area contributed by atoms with Gasteiger partial charge in [0.15, 0.2) is 0 Å². The summed E-state index contributed by atoms with van der Waals surface area (Å²) < 4.78 is 25.4. The van der Waals surface area contributed by atoms with Crippen LogP contribution < -0.4 is 16.0 Å². The lowest BCUT2D eigenvalue weighted by Gasteiger charge is -2.36. The first-order valence-corrected chi connectivity index (χ1v) is 12.6. The summed E-state index contributed by atoms with van der Waals surface area (Å²) in [6.45, 7) is 3.74. The molecule has 1 aliphatic rings. The third kappa shape index (κ3) is 5.84. The lowest BCUT2D eigenvalue weighted by molar-refractivity contribution is 0.386. The summed E-state index contributed by atoms with van der Waals surface area (Å²) in [5.74, 6) is 1.68. The summed E-state index contributed by atoms with van der Waals surface area (Å²) in [5.41, 5.74) is 7.94. The molecule has 1 fully saturated rings. The van der Waals surface area contributed by atoms with Crippen LogP contribution in [0.1, 0.15) is 24.0 Å². The van der Waals surface area contributed by atoms with E-state index in [0.717, 1.165) is 11.1 Å². The van der Waals surface area contributed by atoms with E-state index < -0.39 is 10.0 Å². The zero-order chi connectivity index (χ0) is 23.6. The van der Waals surface area contributed by atoms with E-state index >= 15 is 0 Å². The predicted octanol–water partition coefficient (Wildman–Crippen LogP) is 2.90. The van der Waals surface area contributed by atoms with Gasteiger partial charge in [-0.15, -0.1) is 12.4 Å². The van der Waals surface area contributed by atoms with Crippen LogP contribution in [0.25, 0.3) is 0 Å². The molecule has 0 amide bonds. The maximum absolute atomic E-state index is 12.0. The van der Waals surface area contributed by atoms with Crippen molar-refractivity contribution in [2.45, 2.75) is 12.8 Å². The van der Waals surface area contributed by atoms with Gasteiger partial charge in [-0.3, -0.25) is 4.98 Å². The van der Waals surface area contributed by atoms with Crippen LogP contribution >= 0.6 is 24.0 Å². The fourth-order valence-electron chi connectivity index (χ4n) is 3.84. The van der Waals surface area contributed by atoms with Crippen LogP contribution in [0, 0.1) is 0 Å². The summed E-state index contributed by atoms with van der Waals surface area (Å²) in [6, 6.07) is 7.60. The maximum atomic E-state index is 12.0. The van der Waals surface area contributed by atoms with E-state index in [-0.39, 0.29) is 24.3 Å². The number of nitrogens with two attached hydrogens (primary N) is 1. The molecule has 0 saturated carbocycles. The average molecular weight is 525 g/mol. The highest BCUT2D eigenvalue weighted by molar-refractivity contribution is 7.88. The molecule has 4 rings (SSSR count). The number of halogens is 2. The summed E-state index contributed by atoms with van der Waals surface area (Å²) >= 11 is 6.09. The average Bonchev–Trinajstić information content (AvgIpc) is 2.79. The van der Waals surface area contributed by atoms with Gasteiger partial charge in [0.25, 0.3) is 0 Å². The summed E-state index contributed by atoms with van der Waals surface area (Å²) in [6.07, 6.45) is 5.99. The number of nitrogen functional groups attached to an aromatic ring is 1. The van der Waals surface area contributed by atoms with Gasteiger partial charge in [-0.2, -0.15) is 14.3 Å². The topological polar surface area (TPSA) is 130 Å². The largest absolute Gasteiger partial charge is 0.368 e. The first-order valence-electron chi connectivity index (χ1n) is 10.4. The lowest BCUT2D eigenvalue weighted by atomic mass is 9.93. The fourth-order valence-corrected chi connectivity index (χ4v) is 4.80. The van der Waals surface area contributed by atoms with Crippen LogP contribution in [0.4, 0.5) is 23.4 Å². The van der Waals surface area contributed by atoms with Gasteiger partial charge in [0.1, 0.15) is 17.5 Å². The quantitative estimate of drug-likeness (QED) is 0.499. The highest BCUT2D eigenvalue weighted by Gasteiger charge is 2.29. The van der Waals surface area contributed by atoms with E-state index in [1.54, 1.807) is 18.6 Å². The van der Waals surface area contributed by atoms with Crippen LogP contribution in [0.5, 0.6) is 0 Å². The van der Waals surface area contributed by atoms with Crippen molar-refractivity contribution in [2.75, 3.05) is 48.4 Å². The number of benzene rings is 1. The molecule has 182 valence electrons. The van der Waals surface area contributed by atoms with Crippen molar-refractivity contribution in [3.8, 4) is 0 Å². The Kier molecular flexibility index (Phi) is 8.13. The molecule has 2 aromatic heterocycles. The van der Waals surface area contributed by atoms with Crippen molar-refractivity contribution in [1.82, 2.24) is 24.2 Å². The monoisotopic (exact) mass is 524 g/mol. The van der Waals surface area contributed by atoms with Gasteiger partial charge in [0, 0.05) is 55.1 Å². The van der Waals surface area contributed by atoms with Gasteiger partial charge in [0.2, 0.25) is 16.0 Å². The van der Waals surface area contributed by atoms with Crippen molar-refractivity contribution >= 4 is 57.4 Å². The number of nitrogens with zero attached hydrogens (tertiary/aromatic N) is 6. The highest BCUT2D eigenvalue weighted by atomic mass is 35.5. The van der Waals surface area contributed by atoms with Crippen molar-refractivity contribution in [3.05, 3.63) is 59.0 Å². The molecule has 1 aromatic carbocycles. The molecule has 1 unspecified atom stereocenters. The zero-order valence-electron chi connectivity index (χ0n) is 18.7. The molecule has 3 aromatic rings. The second-order valence-corrected chi connectivity index (χ2v) is 10.2. The minimum absolute atomic E-state index is 0. The van der Waals surface area contributed by atoms with Gasteiger partial charge in [-0.25, -0.2) is 13.4 Å². The molecule has 34 heavy (non-hydrogen) atoms. The molecule has 1 atom stereocenters. The Hall–Kier alpha value is -2.73. The van der Waals surface area contributed by atoms with Crippen molar-refractivity contribution in [2.24, 2.45) is 0 Å². The van der Waals surface area contributed by atoms with Crippen LogP contribution in [-0.4, -0.2) is 65.1 Å². The molecule has 3 heterocycles. The number of nitrogens with one attached hydrogen (secondary N) is 1. The zero-order valence-corrected chi connectivity index (χ0v) is 21.1. The Morgan fingerprint density at radius 2 is 1.76 bits per heavy atom. The first-order chi connectivity index (χ1) is 15.7. The van der Waals surface area contributed by atoms with E-state index in [0.29, 0.717) is 48.7 Å². The number of piperazine rings is 1. The first kappa shape index (κ1) is 25.9. The van der Waals surface area contributed by atoms with E-state index in [4.69, 9.17) is 17.3 Å². The lowest BCUT2D eigenvalue weighted by Crippen LogP contribution is -2.49. The fraction of sp³-hybridized carbons (Fsp3) is 0.333. The smallest absolute Gasteiger partial charge is 0.223 e. The van der Waals surface area contributed by atoms with Crippen LogP contribution in [-0.2, 0) is 10.0 Å². The number of sulfonamides is 1. The Morgan fingerprint density at radius 1 is 1.09 bits per heavy atom. The van der Waals surface area contributed by atoms with Gasteiger partial charge < -0.3 is 16.0 Å². The van der Waals surface area contributed by atoms with E-state index in [2.05, 4.69) is 32.2 Å². The highest BCUT2D eigenvalue weighted by Crippen LogP contribution is 2.38. The predicted molar refractivity (Wildman–Crippen MR) is 137 cm³/mol. The molecule has 13 heteroatoms. The second kappa shape index (κ2) is 10.7. The number of hydrogen-bond acceptors (Lipinski definition) is 9. The van der Waals surface area contributed by atoms with E-state index in [1.165, 1.54) is 10.6 Å². The molecule has 1 saturated heterocycles. The molecule has 0 bridgehead atoms. The normalized spacial score (nSPS) is 15.4. The van der Waals surface area contributed by atoms with Crippen LogP contribution in [0.2, 0.25) is 5.02 Å². The number of hydrogen-bond donors (Lipinski definition) is 2. The Balaban J connectivity index is 0.00000324. The molecule has 3 N–H and O–H groups in total. The Morgan fingerprint density at radius 3 is 2.35 bits per heavy atom. The van der Waals surface area contributed by atoms with Crippen LogP contribution in [0.3, 0.4) is 0 Å². The second-order valence-electron chi connectivity index (χ2n) is 7.81. The molecule has 0 aliphatic carbocycles. The molecule has 10 nitrogen and oxygen atoms in total. The molecular formula is C21H26Cl2N8O2S. The van der Waals surface area contributed by atoms with Gasteiger partial charge in [0.05, 0.1) is 12.5 Å². The summed E-state index contributed by atoms with van der Waals surface area (Å²) in [4.78, 5) is 19.5. The Labute approximate surface area is 210 Å².